The summed E-state index contributed by atoms with van der Waals surface area (Å²) in [6.07, 6.45) is 6.21. The SMILES string of the molecule is COc1ccc(C(C#N)NC2CCCCC2)cc1Br. The van der Waals surface area contributed by atoms with Crippen LogP contribution in [0.15, 0.2) is 22.7 Å². The summed E-state index contributed by atoms with van der Waals surface area (Å²) in [7, 11) is 1.64. The maximum Gasteiger partial charge on any atom is 0.133 e. The Balaban J connectivity index is 2.08. The van der Waals surface area contributed by atoms with Gasteiger partial charge in [-0.05, 0) is 46.5 Å². The molecule has 1 aromatic carbocycles. The molecule has 1 aliphatic carbocycles. The highest BCUT2D eigenvalue weighted by atomic mass is 79.9. The fourth-order valence-electron chi connectivity index (χ4n) is 2.58. The third kappa shape index (κ3) is 3.71. The lowest BCUT2D eigenvalue weighted by atomic mass is 9.94. The van der Waals surface area contributed by atoms with E-state index in [0.29, 0.717) is 6.04 Å². The predicted octanol–water partition coefficient (Wildman–Crippen LogP) is 3.94. The van der Waals surface area contributed by atoms with Crippen molar-refractivity contribution in [3.8, 4) is 11.8 Å². The van der Waals surface area contributed by atoms with E-state index in [1.165, 1.54) is 32.1 Å². The van der Waals surface area contributed by atoms with E-state index in [4.69, 9.17) is 4.74 Å². The molecule has 102 valence electrons. The summed E-state index contributed by atoms with van der Waals surface area (Å²) in [5.74, 6) is 0.790. The van der Waals surface area contributed by atoms with Crippen molar-refractivity contribution in [2.75, 3.05) is 7.11 Å². The molecule has 19 heavy (non-hydrogen) atoms. The van der Waals surface area contributed by atoms with Gasteiger partial charge in [0.25, 0.3) is 0 Å². The molecule has 0 saturated heterocycles. The summed E-state index contributed by atoms with van der Waals surface area (Å²) in [5, 5.41) is 12.8. The number of nitriles is 1. The number of halogens is 1. The number of nitrogens with one attached hydrogen (secondary N) is 1. The first kappa shape index (κ1) is 14.4. The quantitative estimate of drug-likeness (QED) is 0.913. The molecule has 0 aromatic heterocycles. The molecular weight excluding hydrogens is 304 g/mol. The Morgan fingerprint density at radius 2 is 2.11 bits per heavy atom. The summed E-state index contributed by atoms with van der Waals surface area (Å²) < 4.78 is 6.10. The zero-order valence-electron chi connectivity index (χ0n) is 11.2. The van der Waals surface area contributed by atoms with Gasteiger partial charge in [-0.1, -0.05) is 25.3 Å². The van der Waals surface area contributed by atoms with Crippen LogP contribution in [0.1, 0.15) is 43.7 Å². The van der Waals surface area contributed by atoms with Crippen molar-refractivity contribution in [2.45, 2.75) is 44.2 Å². The average Bonchev–Trinajstić information content (AvgIpc) is 2.46. The maximum absolute atomic E-state index is 9.37. The first-order chi connectivity index (χ1) is 9.24. The van der Waals surface area contributed by atoms with Crippen molar-refractivity contribution in [3.63, 3.8) is 0 Å². The van der Waals surface area contributed by atoms with Crippen LogP contribution in [-0.2, 0) is 0 Å². The molecule has 1 N–H and O–H groups in total. The number of rotatable bonds is 4. The van der Waals surface area contributed by atoms with E-state index in [9.17, 15) is 5.26 Å². The molecule has 1 saturated carbocycles. The lowest BCUT2D eigenvalue weighted by Crippen LogP contribution is -2.33. The second kappa shape index (κ2) is 6.93. The second-order valence-electron chi connectivity index (χ2n) is 4.96. The molecular formula is C15H19BrN2O. The normalized spacial score (nSPS) is 17.7. The van der Waals surface area contributed by atoms with Gasteiger partial charge in [0.05, 0.1) is 17.7 Å². The summed E-state index contributed by atoms with van der Waals surface area (Å²) >= 11 is 3.47. The van der Waals surface area contributed by atoms with Crippen LogP contribution in [0.3, 0.4) is 0 Å². The lowest BCUT2D eigenvalue weighted by molar-refractivity contribution is 0.359. The Kier molecular flexibility index (Phi) is 5.24. The molecule has 1 aromatic rings. The molecule has 0 spiro atoms. The van der Waals surface area contributed by atoms with Gasteiger partial charge in [-0.25, -0.2) is 0 Å². The molecule has 2 rings (SSSR count). The number of benzene rings is 1. The Labute approximate surface area is 123 Å². The van der Waals surface area contributed by atoms with E-state index in [1.807, 2.05) is 18.2 Å². The highest BCUT2D eigenvalue weighted by Gasteiger charge is 2.19. The van der Waals surface area contributed by atoms with Crippen LogP contribution in [0.5, 0.6) is 5.75 Å². The molecule has 1 aliphatic rings. The van der Waals surface area contributed by atoms with Crippen LogP contribution in [0.4, 0.5) is 0 Å². The number of ether oxygens (including phenoxy) is 1. The minimum absolute atomic E-state index is 0.245. The Hall–Kier alpha value is -1.05. The molecule has 3 nitrogen and oxygen atoms in total. The van der Waals surface area contributed by atoms with E-state index in [1.54, 1.807) is 7.11 Å². The van der Waals surface area contributed by atoms with E-state index in [2.05, 4.69) is 27.3 Å². The van der Waals surface area contributed by atoms with Crippen LogP contribution in [-0.4, -0.2) is 13.2 Å². The molecule has 1 unspecified atom stereocenters. The highest BCUT2D eigenvalue weighted by molar-refractivity contribution is 9.10. The zero-order chi connectivity index (χ0) is 13.7. The predicted molar refractivity (Wildman–Crippen MR) is 79.1 cm³/mol. The summed E-state index contributed by atoms with van der Waals surface area (Å²) in [6, 6.07) is 8.39. The molecule has 0 heterocycles. The van der Waals surface area contributed by atoms with Gasteiger partial charge in [0, 0.05) is 6.04 Å². The van der Waals surface area contributed by atoms with Crippen molar-refractivity contribution in [1.82, 2.24) is 5.32 Å². The highest BCUT2D eigenvalue weighted by Crippen LogP contribution is 2.29. The first-order valence-corrected chi connectivity index (χ1v) is 7.53. The van der Waals surface area contributed by atoms with Gasteiger partial charge in [-0.3, -0.25) is 5.32 Å². The minimum atomic E-state index is -0.245. The second-order valence-corrected chi connectivity index (χ2v) is 5.81. The maximum atomic E-state index is 9.37. The summed E-state index contributed by atoms with van der Waals surface area (Å²) in [6.45, 7) is 0. The van der Waals surface area contributed by atoms with Crippen LogP contribution >= 0.6 is 15.9 Å². The molecule has 0 aliphatic heterocycles. The first-order valence-electron chi connectivity index (χ1n) is 6.73. The molecule has 4 heteroatoms. The molecule has 1 fully saturated rings. The minimum Gasteiger partial charge on any atom is -0.496 e. The van der Waals surface area contributed by atoms with Crippen molar-refractivity contribution < 1.29 is 4.74 Å². The van der Waals surface area contributed by atoms with Crippen LogP contribution in [0, 0.1) is 11.3 Å². The summed E-state index contributed by atoms with van der Waals surface area (Å²) in [4.78, 5) is 0. The van der Waals surface area contributed by atoms with E-state index < -0.39 is 0 Å². The van der Waals surface area contributed by atoms with E-state index >= 15 is 0 Å². The number of hydrogen-bond donors (Lipinski definition) is 1. The monoisotopic (exact) mass is 322 g/mol. The van der Waals surface area contributed by atoms with E-state index in [-0.39, 0.29) is 6.04 Å². The van der Waals surface area contributed by atoms with Crippen molar-refractivity contribution in [3.05, 3.63) is 28.2 Å². The van der Waals surface area contributed by atoms with Gasteiger partial charge < -0.3 is 4.74 Å². The van der Waals surface area contributed by atoms with Crippen LogP contribution in [0.25, 0.3) is 0 Å². The van der Waals surface area contributed by atoms with E-state index in [0.717, 1.165) is 15.8 Å². The molecule has 1 atom stereocenters. The van der Waals surface area contributed by atoms with Crippen molar-refractivity contribution >= 4 is 15.9 Å². The fourth-order valence-corrected chi connectivity index (χ4v) is 3.13. The van der Waals surface area contributed by atoms with Crippen molar-refractivity contribution in [2.24, 2.45) is 0 Å². The fraction of sp³-hybridized carbons (Fsp3) is 0.533. The van der Waals surface area contributed by atoms with Crippen molar-refractivity contribution in [1.29, 1.82) is 5.26 Å². The third-order valence-corrected chi connectivity index (χ3v) is 4.27. The number of nitrogens with zero attached hydrogens (tertiary/aromatic N) is 1. The summed E-state index contributed by atoms with van der Waals surface area (Å²) in [5.41, 5.74) is 0.987. The lowest BCUT2D eigenvalue weighted by Gasteiger charge is -2.25. The van der Waals surface area contributed by atoms with Gasteiger partial charge in [-0.15, -0.1) is 0 Å². The molecule has 0 bridgehead atoms. The smallest absolute Gasteiger partial charge is 0.133 e. The van der Waals surface area contributed by atoms with Gasteiger partial charge in [0.2, 0.25) is 0 Å². The van der Waals surface area contributed by atoms with Crippen LogP contribution in [0.2, 0.25) is 0 Å². The molecule has 0 amide bonds. The average molecular weight is 323 g/mol. The van der Waals surface area contributed by atoms with Gasteiger partial charge in [-0.2, -0.15) is 5.26 Å². The Morgan fingerprint density at radius 1 is 1.37 bits per heavy atom. The number of methoxy groups -OCH3 is 1. The van der Waals surface area contributed by atoms with Gasteiger partial charge in [0.1, 0.15) is 11.8 Å². The Bertz CT molecular complexity index is 464. The van der Waals surface area contributed by atoms with Gasteiger partial charge >= 0.3 is 0 Å². The topological polar surface area (TPSA) is 45.0 Å². The van der Waals surface area contributed by atoms with Crippen LogP contribution < -0.4 is 10.1 Å². The van der Waals surface area contributed by atoms with Gasteiger partial charge in [0.15, 0.2) is 0 Å². The molecule has 0 radical (unpaired) electrons. The third-order valence-electron chi connectivity index (χ3n) is 3.65. The largest absolute Gasteiger partial charge is 0.496 e. The standard InChI is InChI=1S/C15H19BrN2O/c1-19-15-8-7-11(9-13(15)16)14(10-17)18-12-5-3-2-4-6-12/h7-9,12,14,18H,2-6H2,1H3. The Morgan fingerprint density at radius 3 is 2.68 bits per heavy atom. The number of hydrogen-bond acceptors (Lipinski definition) is 3. The zero-order valence-corrected chi connectivity index (χ0v) is 12.7.